The lowest BCUT2D eigenvalue weighted by Gasteiger charge is -2.17. The van der Waals surface area contributed by atoms with E-state index in [0.717, 1.165) is 16.9 Å². The van der Waals surface area contributed by atoms with Crippen molar-refractivity contribution < 1.29 is 9.21 Å². The molecule has 5 nitrogen and oxygen atoms in total. The van der Waals surface area contributed by atoms with Crippen molar-refractivity contribution in [1.82, 2.24) is 14.9 Å². The molecular weight excluding hydrogens is 350 g/mol. The summed E-state index contributed by atoms with van der Waals surface area (Å²) in [5.41, 5.74) is 5.68. The van der Waals surface area contributed by atoms with E-state index in [1.807, 2.05) is 25.1 Å². The van der Waals surface area contributed by atoms with Crippen molar-refractivity contribution in [3.63, 3.8) is 0 Å². The fourth-order valence-electron chi connectivity index (χ4n) is 3.47. The van der Waals surface area contributed by atoms with E-state index in [2.05, 4.69) is 48.0 Å². The molecule has 0 aliphatic carbocycles. The Morgan fingerprint density at radius 1 is 1.14 bits per heavy atom. The Morgan fingerprint density at radius 3 is 2.75 bits per heavy atom. The zero-order valence-corrected chi connectivity index (χ0v) is 16.3. The molecule has 4 aromatic rings. The van der Waals surface area contributed by atoms with Gasteiger partial charge < -0.3 is 14.3 Å². The molecule has 1 atom stereocenters. The van der Waals surface area contributed by atoms with Gasteiger partial charge in [-0.25, -0.2) is 4.98 Å². The third-order valence-corrected chi connectivity index (χ3v) is 5.00. The number of carbonyl (C=O) groups excluding carboxylic acids is 1. The SMILES string of the molecule is Cc1ccc(C)c(Cn2c(C(C)NC(=O)c3ccco3)nc3ccccc32)c1. The molecule has 0 fully saturated rings. The zero-order chi connectivity index (χ0) is 19.7. The van der Waals surface area contributed by atoms with Gasteiger partial charge in [0.1, 0.15) is 5.82 Å². The Bertz CT molecular complexity index is 1130. The average Bonchev–Trinajstić information content (AvgIpc) is 3.33. The zero-order valence-electron chi connectivity index (χ0n) is 16.3. The minimum absolute atomic E-state index is 0.247. The van der Waals surface area contributed by atoms with Gasteiger partial charge in [0.15, 0.2) is 5.76 Å². The van der Waals surface area contributed by atoms with E-state index in [1.54, 1.807) is 12.1 Å². The van der Waals surface area contributed by atoms with Gasteiger partial charge in [-0.3, -0.25) is 4.79 Å². The highest BCUT2D eigenvalue weighted by molar-refractivity contribution is 5.91. The summed E-state index contributed by atoms with van der Waals surface area (Å²) in [6.07, 6.45) is 1.50. The number of amides is 1. The molecule has 0 aliphatic heterocycles. The molecule has 2 aromatic heterocycles. The van der Waals surface area contributed by atoms with Gasteiger partial charge in [0, 0.05) is 6.54 Å². The number of nitrogens with one attached hydrogen (secondary N) is 1. The quantitative estimate of drug-likeness (QED) is 0.547. The number of hydrogen-bond donors (Lipinski definition) is 1. The summed E-state index contributed by atoms with van der Waals surface area (Å²) in [6, 6.07) is 17.6. The normalized spacial score (nSPS) is 12.2. The van der Waals surface area contributed by atoms with Crippen LogP contribution in [0.25, 0.3) is 11.0 Å². The number of rotatable bonds is 5. The lowest BCUT2D eigenvalue weighted by molar-refractivity contribution is 0.0909. The lowest BCUT2D eigenvalue weighted by atomic mass is 10.1. The molecule has 0 aliphatic rings. The van der Waals surface area contributed by atoms with E-state index < -0.39 is 0 Å². The molecule has 5 heteroatoms. The topological polar surface area (TPSA) is 60.1 Å². The number of benzene rings is 2. The summed E-state index contributed by atoms with van der Waals surface area (Å²) in [5.74, 6) is 0.869. The highest BCUT2D eigenvalue weighted by atomic mass is 16.3. The molecule has 0 spiro atoms. The van der Waals surface area contributed by atoms with E-state index in [0.29, 0.717) is 12.3 Å². The van der Waals surface area contributed by atoms with Gasteiger partial charge >= 0.3 is 0 Å². The third kappa shape index (κ3) is 3.43. The highest BCUT2D eigenvalue weighted by Gasteiger charge is 2.20. The maximum atomic E-state index is 12.4. The van der Waals surface area contributed by atoms with Gasteiger partial charge in [0.2, 0.25) is 0 Å². The summed E-state index contributed by atoms with van der Waals surface area (Å²) in [5, 5.41) is 3.00. The number of carbonyl (C=O) groups is 1. The maximum Gasteiger partial charge on any atom is 0.287 e. The largest absolute Gasteiger partial charge is 0.459 e. The second kappa shape index (κ2) is 7.35. The van der Waals surface area contributed by atoms with Gasteiger partial charge in [-0.1, -0.05) is 35.9 Å². The lowest BCUT2D eigenvalue weighted by Crippen LogP contribution is -2.28. The van der Waals surface area contributed by atoms with E-state index in [9.17, 15) is 4.79 Å². The molecule has 1 unspecified atom stereocenters. The summed E-state index contributed by atoms with van der Waals surface area (Å²) in [7, 11) is 0. The Balaban J connectivity index is 1.72. The monoisotopic (exact) mass is 373 g/mol. The van der Waals surface area contributed by atoms with Crippen LogP contribution in [-0.4, -0.2) is 15.5 Å². The van der Waals surface area contributed by atoms with Crippen molar-refractivity contribution in [2.24, 2.45) is 0 Å². The van der Waals surface area contributed by atoms with Crippen molar-refractivity contribution in [3.8, 4) is 0 Å². The predicted octanol–water partition coefficient (Wildman–Crippen LogP) is 4.79. The van der Waals surface area contributed by atoms with E-state index >= 15 is 0 Å². The van der Waals surface area contributed by atoms with Gasteiger partial charge in [-0.2, -0.15) is 0 Å². The predicted molar refractivity (Wildman–Crippen MR) is 109 cm³/mol. The van der Waals surface area contributed by atoms with Gasteiger partial charge in [-0.05, 0) is 56.2 Å². The van der Waals surface area contributed by atoms with Crippen LogP contribution in [-0.2, 0) is 6.54 Å². The van der Waals surface area contributed by atoms with Crippen molar-refractivity contribution >= 4 is 16.9 Å². The molecule has 0 saturated heterocycles. The van der Waals surface area contributed by atoms with Gasteiger partial charge in [0.05, 0.1) is 23.3 Å². The number of furan rings is 1. The summed E-state index contributed by atoms with van der Waals surface area (Å²) in [4.78, 5) is 17.2. The van der Waals surface area contributed by atoms with Crippen LogP contribution >= 0.6 is 0 Å². The minimum Gasteiger partial charge on any atom is -0.459 e. The fourth-order valence-corrected chi connectivity index (χ4v) is 3.47. The van der Waals surface area contributed by atoms with Crippen molar-refractivity contribution in [2.75, 3.05) is 0 Å². The number of para-hydroxylation sites is 2. The summed E-state index contributed by atoms with van der Waals surface area (Å²) >= 11 is 0. The molecule has 142 valence electrons. The van der Waals surface area contributed by atoms with Crippen molar-refractivity contribution in [2.45, 2.75) is 33.4 Å². The second-order valence-electron chi connectivity index (χ2n) is 7.15. The van der Waals surface area contributed by atoms with Crippen LogP contribution < -0.4 is 5.32 Å². The highest BCUT2D eigenvalue weighted by Crippen LogP contribution is 2.24. The average molecular weight is 373 g/mol. The van der Waals surface area contributed by atoms with Gasteiger partial charge in [0.25, 0.3) is 5.91 Å². The first kappa shape index (κ1) is 18.0. The van der Waals surface area contributed by atoms with Crippen LogP contribution in [0.5, 0.6) is 0 Å². The third-order valence-electron chi connectivity index (χ3n) is 5.00. The van der Waals surface area contributed by atoms with Crippen LogP contribution in [0.4, 0.5) is 0 Å². The van der Waals surface area contributed by atoms with E-state index in [1.165, 1.54) is 23.0 Å². The van der Waals surface area contributed by atoms with Crippen molar-refractivity contribution in [1.29, 1.82) is 0 Å². The molecule has 0 radical (unpaired) electrons. The molecule has 0 saturated carbocycles. The second-order valence-corrected chi connectivity index (χ2v) is 7.15. The van der Waals surface area contributed by atoms with Crippen LogP contribution in [0, 0.1) is 13.8 Å². The van der Waals surface area contributed by atoms with Crippen LogP contribution in [0.1, 0.15) is 46.0 Å². The number of hydrogen-bond acceptors (Lipinski definition) is 3. The van der Waals surface area contributed by atoms with Crippen LogP contribution in [0.15, 0.2) is 65.3 Å². The molecule has 1 N–H and O–H groups in total. The standard InChI is InChI=1S/C23H23N3O2/c1-15-10-11-16(2)18(13-15)14-26-20-8-5-4-7-19(20)25-22(26)17(3)24-23(27)21-9-6-12-28-21/h4-13,17H,14H2,1-3H3,(H,24,27). The molecule has 1 amide bonds. The number of imidazole rings is 1. The first-order valence-corrected chi connectivity index (χ1v) is 9.38. The first-order valence-electron chi connectivity index (χ1n) is 9.38. The number of aryl methyl sites for hydroxylation is 2. The van der Waals surface area contributed by atoms with Crippen LogP contribution in [0.2, 0.25) is 0 Å². The van der Waals surface area contributed by atoms with Gasteiger partial charge in [-0.15, -0.1) is 0 Å². The minimum atomic E-state index is -0.268. The Kier molecular flexibility index (Phi) is 4.74. The number of aromatic nitrogens is 2. The number of nitrogens with zero attached hydrogens (tertiary/aromatic N) is 2. The molecule has 28 heavy (non-hydrogen) atoms. The van der Waals surface area contributed by atoms with E-state index in [-0.39, 0.29) is 11.9 Å². The molecule has 0 bridgehead atoms. The smallest absolute Gasteiger partial charge is 0.287 e. The van der Waals surface area contributed by atoms with Crippen molar-refractivity contribution in [3.05, 3.63) is 89.1 Å². The summed E-state index contributed by atoms with van der Waals surface area (Å²) in [6.45, 7) is 6.86. The molecule has 4 rings (SSSR count). The summed E-state index contributed by atoms with van der Waals surface area (Å²) < 4.78 is 7.39. The number of fused-ring (bicyclic) bond motifs is 1. The Morgan fingerprint density at radius 2 is 1.96 bits per heavy atom. The molecular formula is C23H23N3O2. The fraction of sp³-hybridized carbons (Fsp3) is 0.217. The maximum absolute atomic E-state index is 12.4. The molecule has 2 aromatic carbocycles. The molecule has 2 heterocycles. The Labute approximate surface area is 164 Å². The Hall–Kier alpha value is -3.34. The first-order chi connectivity index (χ1) is 13.5. The van der Waals surface area contributed by atoms with E-state index in [4.69, 9.17) is 9.40 Å². The van der Waals surface area contributed by atoms with Crippen LogP contribution in [0.3, 0.4) is 0 Å².